The van der Waals surface area contributed by atoms with Crippen LogP contribution in [0.4, 0.5) is 5.82 Å². The summed E-state index contributed by atoms with van der Waals surface area (Å²) in [4.78, 5) is 9.22. The Morgan fingerprint density at radius 1 is 1.29 bits per heavy atom. The van der Waals surface area contributed by atoms with Crippen molar-refractivity contribution >= 4 is 17.6 Å². The fraction of sp³-hybridized carbons (Fsp3) is 0.167. The lowest BCUT2D eigenvalue weighted by Crippen LogP contribution is -1.97. The van der Waals surface area contributed by atoms with E-state index in [1.54, 1.807) is 18.9 Å². The number of anilines is 1. The van der Waals surface area contributed by atoms with Crippen LogP contribution in [-0.4, -0.2) is 17.1 Å². The fourth-order valence-corrected chi connectivity index (χ4v) is 2.23. The van der Waals surface area contributed by atoms with Crippen LogP contribution in [0.15, 0.2) is 40.5 Å². The summed E-state index contributed by atoms with van der Waals surface area (Å²) in [7, 11) is 1.65. The van der Waals surface area contributed by atoms with Crippen LogP contribution in [0.3, 0.4) is 0 Å². The van der Waals surface area contributed by atoms with Crippen molar-refractivity contribution in [3.05, 3.63) is 36.2 Å². The lowest BCUT2D eigenvalue weighted by atomic mass is 10.3. The molecule has 0 saturated heterocycles. The van der Waals surface area contributed by atoms with Gasteiger partial charge in [-0.3, -0.25) is 0 Å². The third-order valence-electron chi connectivity index (χ3n) is 2.33. The number of hydrogen-bond acceptors (Lipinski definition) is 5. The second kappa shape index (κ2) is 5.05. The molecule has 2 rings (SSSR count). The first-order valence-corrected chi connectivity index (χ1v) is 5.91. The van der Waals surface area contributed by atoms with Gasteiger partial charge in [0.25, 0.3) is 0 Å². The monoisotopic (exact) mass is 247 g/mol. The molecule has 0 radical (unpaired) electrons. The van der Waals surface area contributed by atoms with E-state index >= 15 is 0 Å². The Bertz CT molecular complexity index is 531. The number of aromatic nitrogens is 2. The molecule has 0 saturated carbocycles. The normalized spacial score (nSPS) is 10.2. The van der Waals surface area contributed by atoms with Crippen LogP contribution in [0.5, 0.6) is 5.75 Å². The lowest BCUT2D eigenvalue weighted by Gasteiger charge is -2.06. The minimum atomic E-state index is 0.519. The highest BCUT2D eigenvalue weighted by molar-refractivity contribution is 7.99. The third-order valence-corrected chi connectivity index (χ3v) is 3.43. The summed E-state index contributed by atoms with van der Waals surface area (Å²) in [5.74, 6) is 1.35. The van der Waals surface area contributed by atoms with Crippen LogP contribution in [0.1, 0.15) is 5.56 Å². The Balaban J connectivity index is 2.28. The molecular weight excluding hydrogens is 234 g/mol. The van der Waals surface area contributed by atoms with E-state index < -0.39 is 0 Å². The first-order valence-electron chi connectivity index (χ1n) is 5.09. The Morgan fingerprint density at radius 3 is 2.88 bits per heavy atom. The van der Waals surface area contributed by atoms with E-state index in [4.69, 9.17) is 10.5 Å². The van der Waals surface area contributed by atoms with Crippen molar-refractivity contribution in [1.82, 2.24) is 9.97 Å². The molecule has 0 fully saturated rings. The molecule has 1 aromatic heterocycles. The summed E-state index contributed by atoms with van der Waals surface area (Å²) < 4.78 is 5.18. The predicted molar refractivity (Wildman–Crippen MR) is 68.3 cm³/mol. The largest absolute Gasteiger partial charge is 0.497 e. The summed E-state index contributed by atoms with van der Waals surface area (Å²) in [5.41, 5.74) is 6.64. The second-order valence-electron chi connectivity index (χ2n) is 3.47. The number of hydrogen-bond donors (Lipinski definition) is 1. The van der Waals surface area contributed by atoms with Crippen molar-refractivity contribution in [1.29, 1.82) is 0 Å². The minimum absolute atomic E-state index is 0.519. The van der Waals surface area contributed by atoms with E-state index in [0.29, 0.717) is 5.82 Å². The van der Waals surface area contributed by atoms with Gasteiger partial charge in [-0.1, -0.05) is 17.8 Å². The average molecular weight is 247 g/mol. The van der Waals surface area contributed by atoms with Gasteiger partial charge in [0, 0.05) is 10.5 Å². The van der Waals surface area contributed by atoms with Crippen LogP contribution in [0.25, 0.3) is 0 Å². The Labute approximate surface area is 104 Å². The molecule has 4 nitrogen and oxygen atoms in total. The number of nitrogen functional groups attached to an aromatic ring is 1. The maximum atomic E-state index is 5.74. The average Bonchev–Trinajstić information content (AvgIpc) is 2.35. The third kappa shape index (κ3) is 2.68. The summed E-state index contributed by atoms with van der Waals surface area (Å²) in [6.07, 6.45) is 1.48. The zero-order valence-corrected chi connectivity index (χ0v) is 10.5. The van der Waals surface area contributed by atoms with Crippen LogP contribution < -0.4 is 10.5 Å². The molecule has 0 aliphatic carbocycles. The number of nitrogens with zero attached hydrogens (tertiary/aromatic N) is 2. The SMILES string of the molecule is COc1cccc(Sc2ncnc(N)c2C)c1. The summed E-state index contributed by atoms with van der Waals surface area (Å²) in [6.45, 7) is 1.91. The van der Waals surface area contributed by atoms with E-state index in [1.807, 2.05) is 31.2 Å². The van der Waals surface area contributed by atoms with Crippen LogP contribution in [-0.2, 0) is 0 Å². The Kier molecular flexibility index (Phi) is 3.49. The highest BCUT2D eigenvalue weighted by Gasteiger charge is 2.06. The molecule has 88 valence electrons. The Hall–Kier alpha value is -1.75. The maximum Gasteiger partial charge on any atom is 0.130 e. The topological polar surface area (TPSA) is 61.0 Å². The molecule has 0 unspecified atom stereocenters. The standard InChI is InChI=1S/C12H13N3OS/c1-8-11(13)14-7-15-12(8)17-10-5-3-4-9(6-10)16-2/h3-7H,1-2H3,(H2,13,14,15). The van der Waals surface area contributed by atoms with Crippen LogP contribution in [0, 0.1) is 6.92 Å². The number of benzene rings is 1. The van der Waals surface area contributed by atoms with E-state index in [0.717, 1.165) is 21.2 Å². The molecule has 0 amide bonds. The summed E-state index contributed by atoms with van der Waals surface area (Å²) in [6, 6.07) is 7.82. The van der Waals surface area contributed by atoms with Gasteiger partial charge in [0.05, 0.1) is 7.11 Å². The molecule has 5 heteroatoms. The van der Waals surface area contributed by atoms with E-state index in [-0.39, 0.29) is 0 Å². The molecular formula is C12H13N3OS. The van der Waals surface area contributed by atoms with Crippen molar-refractivity contribution in [3.8, 4) is 5.75 Å². The Morgan fingerprint density at radius 2 is 2.12 bits per heavy atom. The zero-order chi connectivity index (χ0) is 12.3. The first-order chi connectivity index (χ1) is 8.20. The van der Waals surface area contributed by atoms with Gasteiger partial charge >= 0.3 is 0 Å². The first kappa shape index (κ1) is 11.7. The number of ether oxygens (including phenoxy) is 1. The van der Waals surface area contributed by atoms with Gasteiger partial charge in [0.15, 0.2) is 0 Å². The fourth-order valence-electron chi connectivity index (χ4n) is 1.33. The summed E-state index contributed by atoms with van der Waals surface area (Å²) in [5, 5.41) is 0.866. The smallest absolute Gasteiger partial charge is 0.130 e. The van der Waals surface area contributed by atoms with Gasteiger partial charge in [0.1, 0.15) is 22.9 Å². The zero-order valence-electron chi connectivity index (χ0n) is 9.68. The number of nitrogens with two attached hydrogens (primary N) is 1. The quantitative estimate of drug-likeness (QED) is 0.844. The molecule has 2 aromatic rings. The van der Waals surface area contributed by atoms with E-state index in [2.05, 4.69) is 9.97 Å². The molecule has 1 aromatic carbocycles. The van der Waals surface area contributed by atoms with Crippen molar-refractivity contribution in [2.24, 2.45) is 0 Å². The molecule has 0 aliphatic rings. The van der Waals surface area contributed by atoms with Gasteiger partial charge < -0.3 is 10.5 Å². The van der Waals surface area contributed by atoms with Gasteiger partial charge in [-0.2, -0.15) is 0 Å². The minimum Gasteiger partial charge on any atom is -0.497 e. The molecule has 1 heterocycles. The van der Waals surface area contributed by atoms with Crippen molar-refractivity contribution in [2.75, 3.05) is 12.8 Å². The van der Waals surface area contributed by atoms with Crippen molar-refractivity contribution in [2.45, 2.75) is 16.8 Å². The molecule has 0 spiro atoms. The summed E-state index contributed by atoms with van der Waals surface area (Å²) >= 11 is 1.55. The molecule has 0 bridgehead atoms. The van der Waals surface area contributed by atoms with Crippen LogP contribution >= 0.6 is 11.8 Å². The molecule has 2 N–H and O–H groups in total. The highest BCUT2D eigenvalue weighted by atomic mass is 32.2. The van der Waals surface area contributed by atoms with Crippen molar-refractivity contribution in [3.63, 3.8) is 0 Å². The van der Waals surface area contributed by atoms with Gasteiger partial charge in [-0.05, 0) is 25.1 Å². The maximum absolute atomic E-state index is 5.74. The molecule has 17 heavy (non-hydrogen) atoms. The molecule has 0 atom stereocenters. The van der Waals surface area contributed by atoms with Crippen molar-refractivity contribution < 1.29 is 4.74 Å². The molecule has 0 aliphatic heterocycles. The number of methoxy groups -OCH3 is 1. The predicted octanol–water partition coefficient (Wildman–Crippen LogP) is 2.53. The van der Waals surface area contributed by atoms with Gasteiger partial charge in [-0.15, -0.1) is 0 Å². The van der Waals surface area contributed by atoms with Crippen LogP contribution in [0.2, 0.25) is 0 Å². The lowest BCUT2D eigenvalue weighted by molar-refractivity contribution is 0.413. The van der Waals surface area contributed by atoms with Gasteiger partial charge in [0.2, 0.25) is 0 Å². The number of rotatable bonds is 3. The second-order valence-corrected chi connectivity index (χ2v) is 4.53. The van der Waals surface area contributed by atoms with Gasteiger partial charge in [-0.25, -0.2) is 9.97 Å². The highest BCUT2D eigenvalue weighted by Crippen LogP contribution is 2.31. The van der Waals surface area contributed by atoms with E-state index in [9.17, 15) is 0 Å². The van der Waals surface area contributed by atoms with E-state index in [1.165, 1.54) is 6.33 Å².